The van der Waals surface area contributed by atoms with Crippen LogP contribution in [0.1, 0.15) is 44.5 Å². The van der Waals surface area contributed by atoms with E-state index >= 15 is 4.39 Å². The lowest BCUT2D eigenvalue weighted by Gasteiger charge is -2.29. The summed E-state index contributed by atoms with van der Waals surface area (Å²) in [5.74, 6) is -5.63. The van der Waals surface area contributed by atoms with Crippen molar-refractivity contribution in [1.82, 2.24) is 9.38 Å². The van der Waals surface area contributed by atoms with Crippen LogP contribution < -0.4 is 15.4 Å². The lowest BCUT2D eigenvalue weighted by Crippen LogP contribution is -2.44. The Morgan fingerprint density at radius 1 is 1.24 bits per heavy atom. The van der Waals surface area contributed by atoms with E-state index in [9.17, 15) is 28.7 Å². The molecule has 4 rings (SSSR count). The van der Waals surface area contributed by atoms with Crippen LogP contribution in [0, 0.1) is 17.1 Å². The number of aryl methyl sites for hydroxylation is 1. The van der Waals surface area contributed by atoms with Gasteiger partial charge in [0, 0.05) is 17.8 Å². The molecule has 0 unspecified atom stereocenters. The van der Waals surface area contributed by atoms with Crippen LogP contribution in [0.2, 0.25) is 0 Å². The first-order valence-corrected chi connectivity index (χ1v) is 11.9. The van der Waals surface area contributed by atoms with Crippen molar-refractivity contribution >= 4 is 40.3 Å². The summed E-state index contributed by atoms with van der Waals surface area (Å²) in [6.45, 7) is 6.07. The van der Waals surface area contributed by atoms with E-state index in [0.29, 0.717) is 6.08 Å². The molecule has 1 aliphatic rings. The molecular formula is C26H22F3N5O3S. The van der Waals surface area contributed by atoms with E-state index in [2.05, 4.69) is 4.98 Å². The third-order valence-electron chi connectivity index (χ3n) is 6.29. The molecule has 196 valence electrons. The monoisotopic (exact) mass is 541 g/mol. The molecule has 0 saturated carbocycles. The molecule has 0 atom stereocenters. The Morgan fingerprint density at radius 3 is 2.53 bits per heavy atom. The molecule has 1 N–H and O–H groups in total. The number of pyridine rings is 1. The van der Waals surface area contributed by atoms with Crippen LogP contribution >= 0.6 is 12.2 Å². The van der Waals surface area contributed by atoms with Gasteiger partial charge in [0.25, 0.3) is 17.4 Å². The van der Waals surface area contributed by atoms with Gasteiger partial charge in [-0.1, -0.05) is 13.0 Å². The van der Waals surface area contributed by atoms with Crippen LogP contribution in [0.15, 0.2) is 47.4 Å². The van der Waals surface area contributed by atoms with Gasteiger partial charge in [-0.25, -0.2) is 9.37 Å². The van der Waals surface area contributed by atoms with Crippen molar-refractivity contribution in [2.45, 2.75) is 45.6 Å². The number of thiocarbonyl (C=S) groups is 1. The molecule has 1 aromatic carbocycles. The van der Waals surface area contributed by atoms with Gasteiger partial charge in [0.1, 0.15) is 5.54 Å². The Hall–Kier alpha value is -4.24. The highest BCUT2D eigenvalue weighted by Crippen LogP contribution is 2.40. The molecule has 2 aromatic heterocycles. The van der Waals surface area contributed by atoms with Crippen LogP contribution in [0.3, 0.4) is 0 Å². The standard InChI is InChI=1S/C26H22F3N5O3S/c1-5-9-26(28,29)17-10-15(8-7-14(17)12-30)33-23(37)25(3,4)34(24(33)38)16-11-18(27)21-31-19(6-2)20(35)22(36)32(21)13-16/h5,7-11,13,35H,6H2,1-4H3/b9-5+. The second-order valence-corrected chi connectivity index (χ2v) is 9.45. The zero-order valence-corrected chi connectivity index (χ0v) is 21.6. The predicted octanol–water partition coefficient (Wildman–Crippen LogP) is 4.56. The number of carbonyl (C=O) groups is 1. The van der Waals surface area contributed by atoms with E-state index in [-0.39, 0.29) is 39.8 Å². The van der Waals surface area contributed by atoms with Gasteiger partial charge in [0.2, 0.25) is 5.75 Å². The lowest BCUT2D eigenvalue weighted by molar-refractivity contribution is -0.120. The first kappa shape index (κ1) is 26.8. The van der Waals surface area contributed by atoms with Crippen LogP contribution in [0.4, 0.5) is 24.5 Å². The van der Waals surface area contributed by atoms with Crippen molar-refractivity contribution in [2.75, 3.05) is 9.80 Å². The summed E-state index contributed by atoms with van der Waals surface area (Å²) in [6, 6.07) is 6.28. The Balaban J connectivity index is 1.88. The normalized spacial score (nSPS) is 15.6. The summed E-state index contributed by atoms with van der Waals surface area (Å²) in [7, 11) is 0. The maximum Gasteiger partial charge on any atom is 0.300 e. The summed E-state index contributed by atoms with van der Waals surface area (Å²) >= 11 is 5.55. The quantitative estimate of drug-likeness (QED) is 0.373. The molecule has 8 nitrogen and oxygen atoms in total. The topological polar surface area (TPSA) is 102 Å². The molecular weight excluding hydrogens is 519 g/mol. The number of benzene rings is 1. The van der Waals surface area contributed by atoms with Gasteiger partial charge in [0.15, 0.2) is 16.6 Å². The molecule has 0 spiro atoms. The number of carbonyl (C=O) groups excluding carboxylic acids is 1. The minimum atomic E-state index is -3.50. The van der Waals surface area contributed by atoms with E-state index < -0.39 is 40.1 Å². The number of aromatic nitrogens is 2. The summed E-state index contributed by atoms with van der Waals surface area (Å²) < 4.78 is 45.6. The predicted molar refractivity (Wildman–Crippen MR) is 139 cm³/mol. The van der Waals surface area contributed by atoms with Gasteiger partial charge in [-0.05, 0) is 63.7 Å². The van der Waals surface area contributed by atoms with Gasteiger partial charge in [0.05, 0.1) is 28.7 Å². The number of allylic oxidation sites excluding steroid dienone is 2. The molecule has 12 heteroatoms. The molecule has 1 saturated heterocycles. The zero-order valence-electron chi connectivity index (χ0n) is 20.8. The van der Waals surface area contributed by atoms with Crippen molar-refractivity contribution in [2.24, 2.45) is 0 Å². The molecule has 1 amide bonds. The Bertz CT molecular complexity index is 1640. The largest absolute Gasteiger partial charge is 0.502 e. The van der Waals surface area contributed by atoms with E-state index in [0.717, 1.165) is 27.5 Å². The number of fused-ring (bicyclic) bond motifs is 1. The summed E-state index contributed by atoms with van der Waals surface area (Å²) in [5, 5.41) is 19.4. The van der Waals surface area contributed by atoms with Crippen LogP contribution in [0.25, 0.3) is 5.65 Å². The van der Waals surface area contributed by atoms with Crippen molar-refractivity contribution in [1.29, 1.82) is 5.26 Å². The number of hydrogen-bond donors (Lipinski definition) is 1. The second kappa shape index (κ2) is 9.25. The van der Waals surface area contributed by atoms with E-state index in [4.69, 9.17) is 12.2 Å². The number of anilines is 2. The zero-order chi connectivity index (χ0) is 28.2. The molecule has 38 heavy (non-hydrogen) atoms. The average Bonchev–Trinajstić information content (AvgIpc) is 3.04. The Kier molecular flexibility index (Phi) is 6.53. The Morgan fingerprint density at radius 2 is 1.92 bits per heavy atom. The van der Waals surface area contributed by atoms with Crippen molar-refractivity contribution in [3.05, 3.63) is 75.6 Å². The van der Waals surface area contributed by atoms with Crippen LogP contribution in [0.5, 0.6) is 5.75 Å². The maximum absolute atomic E-state index is 15.2. The summed E-state index contributed by atoms with van der Waals surface area (Å²) in [4.78, 5) is 32.6. The van der Waals surface area contributed by atoms with E-state index in [1.165, 1.54) is 44.0 Å². The van der Waals surface area contributed by atoms with Gasteiger partial charge < -0.3 is 10.0 Å². The third-order valence-corrected chi connectivity index (χ3v) is 6.66. The minimum absolute atomic E-state index is 0.00140. The first-order chi connectivity index (χ1) is 17.8. The average molecular weight is 542 g/mol. The molecule has 1 fully saturated rings. The number of amides is 1. The second-order valence-electron chi connectivity index (χ2n) is 9.09. The van der Waals surface area contributed by atoms with E-state index in [1.54, 1.807) is 13.0 Å². The smallest absolute Gasteiger partial charge is 0.300 e. The molecule has 3 aromatic rings. The number of aromatic hydroxyl groups is 1. The minimum Gasteiger partial charge on any atom is -0.502 e. The highest BCUT2D eigenvalue weighted by atomic mass is 32.1. The van der Waals surface area contributed by atoms with Gasteiger partial charge in [-0.2, -0.15) is 14.0 Å². The maximum atomic E-state index is 15.2. The van der Waals surface area contributed by atoms with Crippen LogP contribution in [-0.2, 0) is 17.1 Å². The van der Waals surface area contributed by atoms with Crippen LogP contribution in [-0.4, -0.2) is 31.0 Å². The molecule has 0 bridgehead atoms. The fraction of sp³-hybridized carbons (Fsp3) is 0.269. The number of nitrogens with zero attached hydrogens (tertiary/aromatic N) is 5. The van der Waals surface area contributed by atoms with Gasteiger partial charge in [-0.15, -0.1) is 0 Å². The highest BCUT2D eigenvalue weighted by molar-refractivity contribution is 7.81. The van der Waals surface area contributed by atoms with Gasteiger partial charge in [-0.3, -0.25) is 18.9 Å². The first-order valence-electron chi connectivity index (χ1n) is 11.5. The highest BCUT2D eigenvalue weighted by Gasteiger charge is 2.51. The summed E-state index contributed by atoms with van der Waals surface area (Å²) in [6.07, 6.45) is 3.18. The Labute approximate surface area is 220 Å². The summed E-state index contributed by atoms with van der Waals surface area (Å²) in [5.41, 5.74) is -3.52. The molecule has 0 radical (unpaired) electrons. The molecule has 3 heterocycles. The van der Waals surface area contributed by atoms with Crippen molar-refractivity contribution < 1.29 is 23.1 Å². The number of alkyl halides is 2. The fourth-order valence-corrected chi connectivity index (χ4v) is 4.91. The number of rotatable bonds is 5. The van der Waals surface area contributed by atoms with Crippen molar-refractivity contribution in [3.8, 4) is 11.8 Å². The number of nitriles is 1. The lowest BCUT2D eigenvalue weighted by atomic mass is 9.99. The fourth-order valence-electron chi connectivity index (χ4n) is 4.39. The molecule has 1 aliphatic heterocycles. The van der Waals surface area contributed by atoms with E-state index in [1.807, 2.05) is 0 Å². The number of hydrogen-bond acceptors (Lipinski definition) is 6. The van der Waals surface area contributed by atoms with Crippen molar-refractivity contribution in [3.63, 3.8) is 0 Å². The number of halogens is 3. The molecule has 0 aliphatic carbocycles. The third kappa shape index (κ3) is 3.99. The van der Waals surface area contributed by atoms with Gasteiger partial charge >= 0.3 is 0 Å². The SMILES string of the molecule is C/C=C/C(F)(F)c1cc(N2C(=O)C(C)(C)N(c3cc(F)c4nc(CC)c(O)c(=O)n4c3)C2=S)ccc1C#N.